The second-order valence-corrected chi connectivity index (χ2v) is 5.67. The average Bonchev–Trinajstić information content (AvgIpc) is 2.63. The Morgan fingerprint density at radius 2 is 2.27 bits per heavy atom. The fourth-order valence-electron chi connectivity index (χ4n) is 2.34. The van der Waals surface area contributed by atoms with Crippen LogP contribution in [0.5, 0.6) is 0 Å². The second kappa shape index (κ2) is 5.08. The highest BCUT2D eigenvalue weighted by atomic mass is 32.1. The van der Waals surface area contributed by atoms with Gasteiger partial charge in [0.15, 0.2) is 0 Å². The van der Waals surface area contributed by atoms with E-state index in [1.807, 2.05) is 0 Å². The van der Waals surface area contributed by atoms with E-state index in [1.54, 1.807) is 11.3 Å². The summed E-state index contributed by atoms with van der Waals surface area (Å²) in [7, 11) is 0. The third-order valence-electron chi connectivity index (χ3n) is 3.32. The Kier molecular flexibility index (Phi) is 3.76. The molecule has 1 fully saturated rings. The van der Waals surface area contributed by atoms with Crippen molar-refractivity contribution in [1.29, 1.82) is 0 Å². The lowest BCUT2D eigenvalue weighted by Gasteiger charge is -2.29. The SMILES string of the molecule is Cc1nc(CNC2CCCCC2C)cs1. The van der Waals surface area contributed by atoms with E-state index in [4.69, 9.17) is 0 Å². The third-order valence-corrected chi connectivity index (χ3v) is 4.15. The summed E-state index contributed by atoms with van der Waals surface area (Å²) in [5, 5.41) is 6.98. The maximum Gasteiger partial charge on any atom is 0.0897 e. The summed E-state index contributed by atoms with van der Waals surface area (Å²) in [4.78, 5) is 4.48. The van der Waals surface area contributed by atoms with Gasteiger partial charge in [-0.25, -0.2) is 4.98 Å². The number of aryl methyl sites for hydroxylation is 1. The fourth-order valence-corrected chi connectivity index (χ4v) is 2.96. The van der Waals surface area contributed by atoms with Gasteiger partial charge in [0.1, 0.15) is 0 Å². The van der Waals surface area contributed by atoms with Crippen LogP contribution in [0.25, 0.3) is 0 Å². The number of hydrogen-bond donors (Lipinski definition) is 1. The van der Waals surface area contributed by atoms with Gasteiger partial charge in [0.2, 0.25) is 0 Å². The van der Waals surface area contributed by atoms with Crippen molar-refractivity contribution in [2.24, 2.45) is 5.92 Å². The molecule has 84 valence electrons. The predicted molar refractivity (Wildman–Crippen MR) is 65.1 cm³/mol. The molecule has 0 amide bonds. The summed E-state index contributed by atoms with van der Waals surface area (Å²) in [5.41, 5.74) is 1.20. The highest BCUT2D eigenvalue weighted by Gasteiger charge is 2.20. The van der Waals surface area contributed by atoms with Crippen molar-refractivity contribution in [3.05, 3.63) is 16.1 Å². The second-order valence-electron chi connectivity index (χ2n) is 4.61. The standard InChI is InChI=1S/C12H20N2S/c1-9-5-3-4-6-12(9)13-7-11-8-15-10(2)14-11/h8-9,12-13H,3-7H2,1-2H3. The Morgan fingerprint density at radius 1 is 1.47 bits per heavy atom. The minimum absolute atomic E-state index is 0.709. The largest absolute Gasteiger partial charge is 0.308 e. The predicted octanol–water partition coefficient (Wildman–Crippen LogP) is 3.12. The van der Waals surface area contributed by atoms with Crippen molar-refractivity contribution in [2.45, 2.75) is 52.1 Å². The van der Waals surface area contributed by atoms with Crippen molar-refractivity contribution in [1.82, 2.24) is 10.3 Å². The molecule has 1 aliphatic carbocycles. The molecule has 1 aromatic heterocycles. The van der Waals surface area contributed by atoms with Crippen molar-refractivity contribution in [3.8, 4) is 0 Å². The molecule has 0 bridgehead atoms. The van der Waals surface area contributed by atoms with Gasteiger partial charge in [-0.05, 0) is 25.7 Å². The van der Waals surface area contributed by atoms with Gasteiger partial charge >= 0.3 is 0 Å². The number of aromatic nitrogens is 1. The molecule has 2 unspecified atom stereocenters. The van der Waals surface area contributed by atoms with Gasteiger partial charge < -0.3 is 5.32 Å². The maximum atomic E-state index is 4.48. The molecule has 15 heavy (non-hydrogen) atoms. The molecule has 1 saturated carbocycles. The molecule has 3 heteroatoms. The van der Waals surface area contributed by atoms with Crippen LogP contribution in [-0.4, -0.2) is 11.0 Å². The van der Waals surface area contributed by atoms with Crippen LogP contribution in [0.2, 0.25) is 0 Å². The van der Waals surface area contributed by atoms with Gasteiger partial charge in [0.25, 0.3) is 0 Å². The minimum Gasteiger partial charge on any atom is -0.308 e. The third kappa shape index (κ3) is 3.02. The smallest absolute Gasteiger partial charge is 0.0897 e. The zero-order chi connectivity index (χ0) is 10.7. The molecule has 2 atom stereocenters. The van der Waals surface area contributed by atoms with Gasteiger partial charge in [-0.15, -0.1) is 11.3 Å². The Labute approximate surface area is 96.1 Å². The monoisotopic (exact) mass is 224 g/mol. The molecule has 0 aromatic carbocycles. The Morgan fingerprint density at radius 3 is 2.93 bits per heavy atom. The van der Waals surface area contributed by atoms with E-state index in [9.17, 15) is 0 Å². The summed E-state index contributed by atoms with van der Waals surface area (Å²) >= 11 is 1.74. The number of rotatable bonds is 3. The normalized spacial score (nSPS) is 26.8. The highest BCUT2D eigenvalue weighted by molar-refractivity contribution is 7.09. The molecular weight excluding hydrogens is 204 g/mol. The molecule has 0 aliphatic heterocycles. The van der Waals surface area contributed by atoms with Crippen LogP contribution in [-0.2, 0) is 6.54 Å². The lowest BCUT2D eigenvalue weighted by atomic mass is 9.86. The van der Waals surface area contributed by atoms with Crippen molar-refractivity contribution < 1.29 is 0 Å². The van der Waals surface area contributed by atoms with Gasteiger partial charge in [-0.1, -0.05) is 19.8 Å². The van der Waals surface area contributed by atoms with E-state index < -0.39 is 0 Å². The van der Waals surface area contributed by atoms with Gasteiger partial charge in [-0.2, -0.15) is 0 Å². The maximum absolute atomic E-state index is 4.48. The van der Waals surface area contributed by atoms with Crippen LogP contribution in [0.3, 0.4) is 0 Å². The van der Waals surface area contributed by atoms with E-state index in [-0.39, 0.29) is 0 Å². The molecule has 1 aliphatic rings. The topological polar surface area (TPSA) is 24.9 Å². The summed E-state index contributed by atoms with van der Waals surface area (Å²) in [6.45, 7) is 5.37. The molecule has 2 nitrogen and oxygen atoms in total. The lowest BCUT2D eigenvalue weighted by molar-refractivity contribution is 0.279. The highest BCUT2D eigenvalue weighted by Crippen LogP contribution is 2.24. The summed E-state index contributed by atoms with van der Waals surface area (Å²) < 4.78 is 0. The van der Waals surface area contributed by atoms with E-state index in [2.05, 4.69) is 29.5 Å². The summed E-state index contributed by atoms with van der Waals surface area (Å²) in [6, 6.07) is 0.709. The van der Waals surface area contributed by atoms with Crippen LogP contribution in [0, 0.1) is 12.8 Å². The molecule has 1 N–H and O–H groups in total. The van der Waals surface area contributed by atoms with E-state index in [0.29, 0.717) is 6.04 Å². The first-order chi connectivity index (χ1) is 7.25. The fraction of sp³-hybridized carbons (Fsp3) is 0.750. The molecule has 0 saturated heterocycles. The Balaban J connectivity index is 1.81. The van der Waals surface area contributed by atoms with Gasteiger partial charge in [-0.3, -0.25) is 0 Å². The van der Waals surface area contributed by atoms with Crippen LogP contribution < -0.4 is 5.32 Å². The van der Waals surface area contributed by atoms with Crippen LogP contribution in [0.1, 0.15) is 43.3 Å². The number of thiazole rings is 1. The first kappa shape index (κ1) is 11.1. The molecule has 1 heterocycles. The zero-order valence-electron chi connectivity index (χ0n) is 9.62. The van der Waals surface area contributed by atoms with Crippen molar-refractivity contribution in [2.75, 3.05) is 0 Å². The van der Waals surface area contributed by atoms with Gasteiger partial charge in [0.05, 0.1) is 10.7 Å². The number of nitrogens with zero attached hydrogens (tertiary/aromatic N) is 1. The Bertz CT molecular complexity index is 308. The van der Waals surface area contributed by atoms with E-state index in [0.717, 1.165) is 12.5 Å². The first-order valence-electron chi connectivity index (χ1n) is 5.90. The summed E-state index contributed by atoms with van der Waals surface area (Å²) in [6.07, 6.45) is 5.52. The molecule has 1 aromatic rings. The first-order valence-corrected chi connectivity index (χ1v) is 6.78. The average molecular weight is 224 g/mol. The quantitative estimate of drug-likeness (QED) is 0.853. The van der Waals surface area contributed by atoms with Crippen LogP contribution in [0.15, 0.2) is 5.38 Å². The number of hydrogen-bond acceptors (Lipinski definition) is 3. The molecule has 2 rings (SSSR count). The zero-order valence-corrected chi connectivity index (χ0v) is 10.4. The molecular formula is C12H20N2S. The minimum atomic E-state index is 0.709. The van der Waals surface area contributed by atoms with Crippen molar-refractivity contribution in [3.63, 3.8) is 0 Å². The van der Waals surface area contributed by atoms with Crippen molar-refractivity contribution >= 4 is 11.3 Å². The molecule has 0 spiro atoms. The lowest BCUT2D eigenvalue weighted by Crippen LogP contribution is -2.36. The summed E-state index contributed by atoms with van der Waals surface area (Å²) in [5.74, 6) is 0.832. The van der Waals surface area contributed by atoms with E-state index in [1.165, 1.54) is 36.4 Å². The van der Waals surface area contributed by atoms with E-state index >= 15 is 0 Å². The van der Waals surface area contributed by atoms with Crippen LogP contribution >= 0.6 is 11.3 Å². The molecule has 0 radical (unpaired) electrons. The Hall–Kier alpha value is -0.410. The van der Waals surface area contributed by atoms with Gasteiger partial charge in [0, 0.05) is 18.0 Å². The number of nitrogens with one attached hydrogen (secondary N) is 1. The van der Waals surface area contributed by atoms with Crippen LogP contribution in [0.4, 0.5) is 0 Å².